The zero-order valence-corrected chi connectivity index (χ0v) is 15.4. The molecule has 0 aliphatic carbocycles. The molecule has 1 fully saturated rings. The molecule has 1 aromatic carbocycles. The Morgan fingerprint density at radius 1 is 1.15 bits per heavy atom. The molecule has 2 aromatic heterocycles. The van der Waals surface area contributed by atoms with Crippen LogP contribution >= 0.6 is 11.6 Å². The fourth-order valence-corrected chi connectivity index (χ4v) is 3.61. The molecule has 0 amide bonds. The molecule has 0 bridgehead atoms. The smallest absolute Gasteiger partial charge is 0.285 e. The van der Waals surface area contributed by atoms with E-state index in [4.69, 9.17) is 11.6 Å². The van der Waals surface area contributed by atoms with Gasteiger partial charge >= 0.3 is 0 Å². The number of fused-ring (bicyclic) bond motifs is 1. The van der Waals surface area contributed by atoms with Gasteiger partial charge in [0.05, 0.1) is 11.9 Å². The Kier molecular flexibility index (Phi) is 4.97. The van der Waals surface area contributed by atoms with Gasteiger partial charge in [-0.3, -0.25) is 4.90 Å². The summed E-state index contributed by atoms with van der Waals surface area (Å²) in [5, 5.41) is 4.83. The molecule has 0 unspecified atom stereocenters. The normalized spacial score (nSPS) is 16.7. The van der Waals surface area contributed by atoms with Gasteiger partial charge in [0.1, 0.15) is 17.8 Å². The average molecular weight is 392 g/mol. The molecule has 0 atom stereocenters. The van der Waals surface area contributed by atoms with Gasteiger partial charge in [-0.1, -0.05) is 23.7 Å². The molecular formula is C19H20ClF2N5. The summed E-state index contributed by atoms with van der Waals surface area (Å²) in [7, 11) is 0. The number of piperidine rings is 1. The maximum absolute atomic E-state index is 14.5. The van der Waals surface area contributed by atoms with Crippen molar-refractivity contribution in [3.05, 3.63) is 53.4 Å². The van der Waals surface area contributed by atoms with Crippen molar-refractivity contribution < 1.29 is 8.78 Å². The number of nitrogens with zero attached hydrogens (tertiary/aromatic N) is 3. The molecule has 0 radical (unpaired) electrons. The van der Waals surface area contributed by atoms with Gasteiger partial charge in [-0.2, -0.15) is 8.78 Å². The second-order valence-corrected chi connectivity index (χ2v) is 7.30. The molecule has 142 valence electrons. The first-order chi connectivity index (χ1) is 13.0. The molecular weight excluding hydrogens is 372 g/mol. The van der Waals surface area contributed by atoms with Gasteiger partial charge in [-0.15, -0.1) is 0 Å². The van der Waals surface area contributed by atoms with Crippen molar-refractivity contribution in [2.24, 2.45) is 0 Å². The van der Waals surface area contributed by atoms with Crippen molar-refractivity contribution >= 4 is 28.5 Å². The molecule has 1 saturated heterocycles. The minimum Gasteiger partial charge on any atom is -0.367 e. The monoisotopic (exact) mass is 391 g/mol. The molecule has 5 nitrogen and oxygen atoms in total. The topological polar surface area (TPSA) is 56.8 Å². The third-order valence-corrected chi connectivity index (χ3v) is 5.22. The summed E-state index contributed by atoms with van der Waals surface area (Å²) >= 11 is 5.79. The number of alkyl halides is 2. The Hall–Kier alpha value is -2.25. The van der Waals surface area contributed by atoms with Crippen LogP contribution in [0.15, 0.2) is 42.9 Å². The molecule has 27 heavy (non-hydrogen) atoms. The predicted octanol–water partition coefficient (Wildman–Crippen LogP) is 4.28. The van der Waals surface area contributed by atoms with Gasteiger partial charge in [0, 0.05) is 35.9 Å². The molecule has 1 aliphatic rings. The molecule has 3 aromatic rings. The molecule has 4 rings (SSSR count). The van der Waals surface area contributed by atoms with Gasteiger partial charge < -0.3 is 10.3 Å². The van der Waals surface area contributed by atoms with Crippen LogP contribution in [0.25, 0.3) is 11.0 Å². The van der Waals surface area contributed by atoms with Gasteiger partial charge in [-0.05, 0) is 31.0 Å². The number of likely N-dealkylation sites (tertiary alicyclic amines) is 1. The minimum absolute atomic E-state index is 0.00276. The summed E-state index contributed by atoms with van der Waals surface area (Å²) in [5.41, 5.74) is 0.788. The van der Waals surface area contributed by atoms with E-state index in [-0.39, 0.29) is 18.2 Å². The lowest BCUT2D eigenvalue weighted by Gasteiger charge is -2.34. The second kappa shape index (κ2) is 7.40. The number of aromatic amines is 1. The highest BCUT2D eigenvalue weighted by Gasteiger charge is 2.35. The first-order valence-corrected chi connectivity index (χ1v) is 9.30. The highest BCUT2D eigenvalue weighted by molar-refractivity contribution is 6.30. The largest absolute Gasteiger partial charge is 0.367 e. The predicted molar refractivity (Wildman–Crippen MR) is 102 cm³/mol. The maximum atomic E-state index is 14.5. The first kappa shape index (κ1) is 18.1. The summed E-state index contributed by atoms with van der Waals surface area (Å²) in [4.78, 5) is 13.4. The van der Waals surface area contributed by atoms with Gasteiger partial charge in [0.25, 0.3) is 5.92 Å². The number of aromatic nitrogens is 3. The van der Waals surface area contributed by atoms with Crippen molar-refractivity contribution in [3.8, 4) is 0 Å². The Bertz CT molecular complexity index is 904. The molecule has 2 N–H and O–H groups in total. The average Bonchev–Trinajstić information content (AvgIpc) is 3.13. The fourth-order valence-electron chi connectivity index (χ4n) is 3.48. The van der Waals surface area contributed by atoms with Crippen LogP contribution in [-0.2, 0) is 5.92 Å². The van der Waals surface area contributed by atoms with Crippen molar-refractivity contribution in [2.45, 2.75) is 24.8 Å². The van der Waals surface area contributed by atoms with Crippen LogP contribution in [0, 0.1) is 0 Å². The zero-order chi connectivity index (χ0) is 18.9. The van der Waals surface area contributed by atoms with E-state index in [0.29, 0.717) is 18.1 Å². The molecule has 3 heterocycles. The SMILES string of the molecule is FC(F)(CN1CCC(Nc2ncnc3[nH]ccc23)CC1)c1ccc(Cl)cc1. The van der Waals surface area contributed by atoms with E-state index in [1.54, 1.807) is 0 Å². The van der Waals surface area contributed by atoms with Crippen LogP contribution < -0.4 is 5.32 Å². The fraction of sp³-hybridized carbons (Fsp3) is 0.368. The number of rotatable bonds is 5. The van der Waals surface area contributed by atoms with Gasteiger partial charge in [0.15, 0.2) is 0 Å². The summed E-state index contributed by atoms with van der Waals surface area (Å²) in [6.45, 7) is 0.946. The van der Waals surface area contributed by atoms with Crippen molar-refractivity contribution in [1.82, 2.24) is 19.9 Å². The summed E-state index contributed by atoms with van der Waals surface area (Å²) < 4.78 is 29.1. The lowest BCUT2D eigenvalue weighted by atomic mass is 10.0. The lowest BCUT2D eigenvalue weighted by molar-refractivity contribution is -0.0421. The lowest BCUT2D eigenvalue weighted by Crippen LogP contribution is -2.43. The Morgan fingerprint density at radius 3 is 2.63 bits per heavy atom. The van der Waals surface area contributed by atoms with Crippen molar-refractivity contribution in [3.63, 3.8) is 0 Å². The number of hydrogen-bond acceptors (Lipinski definition) is 4. The highest BCUT2D eigenvalue weighted by atomic mass is 35.5. The van der Waals surface area contributed by atoms with Crippen LogP contribution in [0.5, 0.6) is 0 Å². The van der Waals surface area contributed by atoms with E-state index >= 15 is 0 Å². The number of hydrogen-bond donors (Lipinski definition) is 2. The summed E-state index contributed by atoms with van der Waals surface area (Å²) in [5.74, 6) is -2.11. The quantitative estimate of drug-likeness (QED) is 0.681. The highest BCUT2D eigenvalue weighted by Crippen LogP contribution is 2.31. The molecule has 1 aliphatic heterocycles. The molecule has 0 saturated carbocycles. The number of H-pyrrole nitrogens is 1. The maximum Gasteiger partial charge on any atom is 0.285 e. The number of halogens is 3. The molecule has 0 spiro atoms. The number of benzene rings is 1. The summed E-state index contributed by atoms with van der Waals surface area (Å²) in [6, 6.07) is 7.94. The van der Waals surface area contributed by atoms with Crippen LogP contribution in [-0.4, -0.2) is 45.5 Å². The van der Waals surface area contributed by atoms with Crippen LogP contribution in [0.2, 0.25) is 5.02 Å². The van der Waals surface area contributed by atoms with Crippen LogP contribution in [0.3, 0.4) is 0 Å². The van der Waals surface area contributed by atoms with Crippen LogP contribution in [0.4, 0.5) is 14.6 Å². The minimum atomic E-state index is -2.89. The molecule has 8 heteroatoms. The number of anilines is 1. The second-order valence-electron chi connectivity index (χ2n) is 6.87. The zero-order valence-electron chi connectivity index (χ0n) is 14.6. The standard InChI is InChI=1S/C19H20ClF2N5/c20-14-3-1-13(2-4-14)19(21,22)11-27-9-6-15(7-10-27)26-18-16-5-8-23-17(16)24-12-25-18/h1-5,8,12,15H,6-7,9-11H2,(H2,23,24,25,26). The Morgan fingerprint density at radius 2 is 1.89 bits per heavy atom. The van der Waals surface area contributed by atoms with Crippen molar-refractivity contribution in [2.75, 3.05) is 25.0 Å². The third-order valence-electron chi connectivity index (χ3n) is 4.97. The summed E-state index contributed by atoms with van der Waals surface area (Å²) in [6.07, 6.45) is 4.91. The van der Waals surface area contributed by atoms with E-state index in [1.807, 2.05) is 17.2 Å². The third kappa shape index (κ3) is 4.04. The van der Waals surface area contributed by atoms with Gasteiger partial charge in [-0.25, -0.2) is 9.97 Å². The first-order valence-electron chi connectivity index (χ1n) is 8.92. The Labute approximate surface area is 160 Å². The van der Waals surface area contributed by atoms with Crippen LogP contribution in [0.1, 0.15) is 18.4 Å². The van der Waals surface area contributed by atoms with E-state index in [9.17, 15) is 8.78 Å². The van der Waals surface area contributed by atoms with E-state index < -0.39 is 5.92 Å². The van der Waals surface area contributed by atoms with Gasteiger partial charge in [0.2, 0.25) is 0 Å². The van der Waals surface area contributed by atoms with E-state index in [0.717, 1.165) is 29.7 Å². The Balaban J connectivity index is 1.35. The van der Waals surface area contributed by atoms with Crippen molar-refractivity contribution in [1.29, 1.82) is 0 Å². The number of nitrogens with one attached hydrogen (secondary N) is 2. The van der Waals surface area contributed by atoms with E-state index in [2.05, 4.69) is 20.3 Å². The van der Waals surface area contributed by atoms with E-state index in [1.165, 1.54) is 30.6 Å².